The molecule has 1 fully saturated rings. The minimum Gasteiger partial charge on any atom is -0.444 e. The predicted octanol–water partition coefficient (Wildman–Crippen LogP) is 4.03. The molecule has 0 aliphatic carbocycles. The first-order valence-corrected chi connectivity index (χ1v) is 12.0. The zero-order chi connectivity index (χ0) is 26.3. The maximum Gasteiger partial charge on any atom is 0.410 e. The Kier molecular flexibility index (Phi) is 6.14. The van der Waals surface area contributed by atoms with Crippen molar-refractivity contribution < 1.29 is 18.7 Å². The van der Waals surface area contributed by atoms with Crippen LogP contribution in [0.5, 0.6) is 0 Å². The molecule has 0 saturated carbocycles. The van der Waals surface area contributed by atoms with E-state index in [1.54, 1.807) is 40.9 Å². The van der Waals surface area contributed by atoms with Gasteiger partial charge in [0, 0.05) is 61.9 Å². The van der Waals surface area contributed by atoms with Gasteiger partial charge in [-0.15, -0.1) is 0 Å². The molecule has 1 aliphatic rings. The van der Waals surface area contributed by atoms with Crippen molar-refractivity contribution in [1.29, 1.82) is 0 Å². The number of nitrogens with one attached hydrogen (secondary N) is 1. The molecule has 4 heterocycles. The molecule has 1 saturated heterocycles. The van der Waals surface area contributed by atoms with Crippen molar-refractivity contribution in [3.05, 3.63) is 60.2 Å². The van der Waals surface area contributed by atoms with Crippen LogP contribution in [0.4, 0.5) is 20.6 Å². The molecular weight excluding hydrogens is 477 g/mol. The SMILES string of the molecule is Cc1cn2cc(NC(=O)c3ccc(N4CCN(C(=O)OC(C)(C)C)CC4)c4cncnc34)cc(F)c2n1. The molecule has 10 nitrogen and oxygen atoms in total. The van der Waals surface area contributed by atoms with Crippen LogP contribution in [0.3, 0.4) is 0 Å². The number of rotatable bonds is 3. The second kappa shape index (κ2) is 9.30. The summed E-state index contributed by atoms with van der Waals surface area (Å²) in [6.07, 6.45) is 6.05. The van der Waals surface area contributed by atoms with E-state index >= 15 is 0 Å². The summed E-state index contributed by atoms with van der Waals surface area (Å²) in [6, 6.07) is 4.80. The standard InChI is InChI=1S/C26H28FN7O3/c1-16-13-34-14-17(11-20(27)23(34)30-16)31-24(35)18-5-6-21(19-12-28-15-29-22(18)19)32-7-9-33(10-8-32)25(36)37-26(2,3)4/h5-6,11-15H,7-10H2,1-4H3,(H,31,35). The molecule has 3 aromatic heterocycles. The first kappa shape index (κ1) is 24.4. The highest BCUT2D eigenvalue weighted by molar-refractivity contribution is 6.13. The van der Waals surface area contributed by atoms with Gasteiger partial charge in [0.15, 0.2) is 11.5 Å². The largest absolute Gasteiger partial charge is 0.444 e. The molecule has 0 spiro atoms. The van der Waals surface area contributed by atoms with E-state index in [4.69, 9.17) is 4.74 Å². The fourth-order valence-electron chi connectivity index (χ4n) is 4.42. The van der Waals surface area contributed by atoms with Gasteiger partial charge in [0.25, 0.3) is 5.91 Å². The van der Waals surface area contributed by atoms with Crippen LogP contribution >= 0.6 is 0 Å². The number of carbonyl (C=O) groups excluding carboxylic acids is 2. The Morgan fingerprint density at radius 1 is 1.11 bits per heavy atom. The Morgan fingerprint density at radius 2 is 1.86 bits per heavy atom. The summed E-state index contributed by atoms with van der Waals surface area (Å²) in [7, 11) is 0. The van der Waals surface area contributed by atoms with Crippen LogP contribution in [0.2, 0.25) is 0 Å². The summed E-state index contributed by atoms with van der Waals surface area (Å²) in [5.74, 6) is -0.945. The second-order valence-electron chi connectivity index (χ2n) is 10.0. The number of hydrogen-bond donors (Lipinski definition) is 1. The lowest BCUT2D eigenvalue weighted by Crippen LogP contribution is -2.50. The summed E-state index contributed by atoms with van der Waals surface area (Å²) < 4.78 is 21.5. The van der Waals surface area contributed by atoms with E-state index in [9.17, 15) is 14.0 Å². The Labute approximate surface area is 213 Å². The molecule has 0 atom stereocenters. The summed E-state index contributed by atoms with van der Waals surface area (Å²) >= 11 is 0. The van der Waals surface area contributed by atoms with E-state index in [1.807, 2.05) is 26.8 Å². The monoisotopic (exact) mass is 505 g/mol. The van der Waals surface area contributed by atoms with Gasteiger partial charge < -0.3 is 24.3 Å². The van der Waals surface area contributed by atoms with Crippen LogP contribution < -0.4 is 10.2 Å². The summed E-state index contributed by atoms with van der Waals surface area (Å²) in [4.78, 5) is 42.2. The third-order valence-corrected chi connectivity index (χ3v) is 6.05. The molecule has 1 aliphatic heterocycles. The average molecular weight is 506 g/mol. The molecule has 0 bridgehead atoms. The van der Waals surface area contributed by atoms with Crippen LogP contribution in [0.1, 0.15) is 36.8 Å². The van der Waals surface area contributed by atoms with Crippen molar-refractivity contribution in [2.24, 2.45) is 0 Å². The van der Waals surface area contributed by atoms with Gasteiger partial charge in [-0.25, -0.2) is 24.1 Å². The Morgan fingerprint density at radius 3 is 2.59 bits per heavy atom. The maximum absolute atomic E-state index is 14.5. The van der Waals surface area contributed by atoms with E-state index in [0.29, 0.717) is 54.0 Å². The smallest absolute Gasteiger partial charge is 0.410 e. The van der Waals surface area contributed by atoms with Gasteiger partial charge in [-0.2, -0.15) is 0 Å². The lowest BCUT2D eigenvalue weighted by molar-refractivity contribution is 0.0240. The van der Waals surface area contributed by atoms with Crippen molar-refractivity contribution in [2.75, 3.05) is 36.4 Å². The fraction of sp³-hybridized carbons (Fsp3) is 0.346. The normalized spacial score (nSPS) is 14.3. The molecule has 1 aromatic carbocycles. The highest BCUT2D eigenvalue weighted by atomic mass is 19.1. The minimum atomic E-state index is -0.548. The Balaban J connectivity index is 1.37. The van der Waals surface area contributed by atoms with Crippen LogP contribution in [0.25, 0.3) is 16.6 Å². The minimum absolute atomic E-state index is 0.199. The molecule has 0 radical (unpaired) electrons. The zero-order valence-electron chi connectivity index (χ0n) is 21.2. The van der Waals surface area contributed by atoms with E-state index in [1.165, 1.54) is 12.4 Å². The van der Waals surface area contributed by atoms with E-state index in [-0.39, 0.29) is 11.7 Å². The number of hydrogen-bond acceptors (Lipinski definition) is 7. The van der Waals surface area contributed by atoms with Crippen LogP contribution in [0, 0.1) is 12.7 Å². The van der Waals surface area contributed by atoms with E-state index < -0.39 is 17.3 Å². The quantitative estimate of drug-likeness (QED) is 0.448. The molecule has 1 N–H and O–H groups in total. The number of amides is 2. The topological polar surface area (TPSA) is 105 Å². The third-order valence-electron chi connectivity index (χ3n) is 6.05. The Hall–Kier alpha value is -4.28. The lowest BCUT2D eigenvalue weighted by Gasteiger charge is -2.37. The molecule has 37 heavy (non-hydrogen) atoms. The molecule has 5 rings (SSSR count). The summed E-state index contributed by atoms with van der Waals surface area (Å²) in [5.41, 5.74) is 2.33. The number of aryl methyl sites for hydroxylation is 1. The van der Waals surface area contributed by atoms with Crippen molar-refractivity contribution >= 4 is 39.9 Å². The second-order valence-corrected chi connectivity index (χ2v) is 10.0. The number of benzene rings is 1. The number of fused-ring (bicyclic) bond motifs is 2. The molecule has 11 heteroatoms. The number of anilines is 2. The molecule has 4 aromatic rings. The van der Waals surface area contributed by atoms with Gasteiger partial charge in [-0.3, -0.25) is 4.79 Å². The first-order chi connectivity index (χ1) is 17.6. The van der Waals surface area contributed by atoms with Crippen LogP contribution in [0.15, 0.2) is 43.1 Å². The highest BCUT2D eigenvalue weighted by Gasteiger charge is 2.27. The number of nitrogens with zero attached hydrogens (tertiary/aromatic N) is 6. The lowest BCUT2D eigenvalue weighted by atomic mass is 10.1. The van der Waals surface area contributed by atoms with Gasteiger partial charge in [0.05, 0.1) is 22.5 Å². The van der Waals surface area contributed by atoms with Crippen LogP contribution in [-0.4, -0.2) is 68.0 Å². The van der Waals surface area contributed by atoms with Crippen LogP contribution in [-0.2, 0) is 4.74 Å². The van der Waals surface area contributed by atoms with Gasteiger partial charge in [-0.05, 0) is 39.8 Å². The third kappa shape index (κ3) is 5.02. The first-order valence-electron chi connectivity index (χ1n) is 12.0. The number of pyridine rings is 1. The molecule has 2 amide bonds. The van der Waals surface area contributed by atoms with Crippen molar-refractivity contribution in [3.8, 4) is 0 Å². The molecule has 192 valence electrons. The highest BCUT2D eigenvalue weighted by Crippen LogP contribution is 2.29. The number of imidazole rings is 1. The maximum atomic E-state index is 14.5. The Bertz CT molecular complexity index is 1500. The molecule has 0 unspecified atom stereocenters. The van der Waals surface area contributed by atoms with Crippen molar-refractivity contribution in [3.63, 3.8) is 0 Å². The van der Waals surface area contributed by atoms with Gasteiger partial charge in [0.1, 0.15) is 11.9 Å². The zero-order valence-corrected chi connectivity index (χ0v) is 21.2. The predicted molar refractivity (Wildman–Crippen MR) is 137 cm³/mol. The average Bonchev–Trinajstić information content (AvgIpc) is 3.23. The number of aromatic nitrogens is 4. The number of piperazine rings is 1. The van der Waals surface area contributed by atoms with E-state index in [0.717, 1.165) is 5.69 Å². The summed E-state index contributed by atoms with van der Waals surface area (Å²) in [5, 5.41) is 3.48. The van der Waals surface area contributed by atoms with Gasteiger partial charge >= 0.3 is 6.09 Å². The van der Waals surface area contributed by atoms with E-state index in [2.05, 4.69) is 25.2 Å². The fourth-order valence-corrected chi connectivity index (χ4v) is 4.42. The van der Waals surface area contributed by atoms with Crippen molar-refractivity contribution in [2.45, 2.75) is 33.3 Å². The number of halogens is 1. The van der Waals surface area contributed by atoms with Crippen molar-refractivity contribution in [1.82, 2.24) is 24.3 Å². The van der Waals surface area contributed by atoms with Gasteiger partial charge in [0.2, 0.25) is 0 Å². The van der Waals surface area contributed by atoms with Gasteiger partial charge in [-0.1, -0.05) is 0 Å². The summed E-state index contributed by atoms with van der Waals surface area (Å²) in [6.45, 7) is 9.52. The number of ether oxygens (including phenoxy) is 1. The number of carbonyl (C=O) groups is 2. The molecular formula is C26H28FN7O3.